The highest BCUT2D eigenvalue weighted by atomic mass is 16.7. The van der Waals surface area contributed by atoms with Gasteiger partial charge in [0.2, 0.25) is 6.79 Å². The number of rotatable bonds is 6. The molecule has 0 unspecified atom stereocenters. The second-order valence-electron chi connectivity index (χ2n) is 7.65. The van der Waals surface area contributed by atoms with Crippen LogP contribution in [0.2, 0.25) is 0 Å². The van der Waals surface area contributed by atoms with Gasteiger partial charge in [-0.3, -0.25) is 9.59 Å². The lowest BCUT2D eigenvalue weighted by molar-refractivity contribution is -0.118. The molecule has 0 radical (unpaired) electrons. The van der Waals surface area contributed by atoms with Gasteiger partial charge in [0.1, 0.15) is 5.75 Å². The number of hydrogen-bond donors (Lipinski definition) is 1. The third-order valence-corrected chi connectivity index (χ3v) is 5.51. The highest BCUT2D eigenvalue weighted by molar-refractivity contribution is 5.97. The van der Waals surface area contributed by atoms with E-state index < -0.39 is 0 Å². The summed E-state index contributed by atoms with van der Waals surface area (Å²) in [4.78, 5) is 27.2. The van der Waals surface area contributed by atoms with E-state index in [0.29, 0.717) is 48.0 Å². The normalized spacial score (nSPS) is 14.1. The predicted molar refractivity (Wildman–Crippen MR) is 118 cm³/mol. The van der Waals surface area contributed by atoms with Crippen LogP contribution in [0.4, 0.5) is 5.69 Å². The van der Waals surface area contributed by atoms with Gasteiger partial charge in [0.25, 0.3) is 11.8 Å². The molecule has 0 aliphatic carbocycles. The van der Waals surface area contributed by atoms with Crippen LogP contribution in [0.15, 0.2) is 66.7 Å². The van der Waals surface area contributed by atoms with E-state index in [9.17, 15) is 9.59 Å². The maximum Gasteiger partial charge on any atom is 0.262 e. The lowest BCUT2D eigenvalue weighted by atomic mass is 9.97. The molecule has 3 aromatic carbocycles. The molecule has 0 bridgehead atoms. The first kappa shape index (κ1) is 19.9. The van der Waals surface area contributed by atoms with Crippen LogP contribution in [-0.4, -0.2) is 36.7 Å². The average Bonchev–Trinajstić information content (AvgIpc) is 3.28. The Balaban J connectivity index is 1.23. The van der Waals surface area contributed by atoms with E-state index in [-0.39, 0.29) is 25.2 Å². The molecule has 0 fully saturated rings. The van der Waals surface area contributed by atoms with Crippen LogP contribution in [0.5, 0.6) is 17.2 Å². The van der Waals surface area contributed by atoms with E-state index in [1.807, 2.05) is 41.3 Å². The molecule has 2 heterocycles. The molecular formula is C25H22N2O5. The fourth-order valence-electron chi connectivity index (χ4n) is 3.95. The summed E-state index contributed by atoms with van der Waals surface area (Å²) in [5, 5.41) is 2.79. The van der Waals surface area contributed by atoms with Crippen LogP contribution in [0.1, 0.15) is 21.5 Å². The number of fused-ring (bicyclic) bond motifs is 2. The molecule has 0 atom stereocenters. The minimum absolute atomic E-state index is 0.0228. The first-order chi connectivity index (χ1) is 15.7. The van der Waals surface area contributed by atoms with Crippen LogP contribution in [0.25, 0.3) is 0 Å². The summed E-state index contributed by atoms with van der Waals surface area (Å²) in [6.07, 6.45) is 0.674. The van der Waals surface area contributed by atoms with Crippen molar-refractivity contribution in [2.75, 3.05) is 25.3 Å². The summed E-state index contributed by atoms with van der Waals surface area (Å²) in [5.74, 6) is 1.50. The largest absolute Gasteiger partial charge is 0.483 e. The summed E-state index contributed by atoms with van der Waals surface area (Å²) in [6, 6.07) is 20.5. The monoisotopic (exact) mass is 430 g/mol. The Bertz CT molecular complexity index is 1160. The Morgan fingerprint density at radius 2 is 1.84 bits per heavy atom. The molecule has 32 heavy (non-hydrogen) atoms. The number of nitrogens with zero attached hydrogens (tertiary/aromatic N) is 1. The lowest BCUT2D eigenvalue weighted by Crippen LogP contribution is -2.37. The summed E-state index contributed by atoms with van der Waals surface area (Å²) in [7, 11) is 0. The van der Waals surface area contributed by atoms with E-state index in [1.165, 1.54) is 0 Å². The van der Waals surface area contributed by atoms with Crippen LogP contribution >= 0.6 is 0 Å². The van der Waals surface area contributed by atoms with Crippen molar-refractivity contribution >= 4 is 17.5 Å². The minimum atomic E-state index is -0.297. The van der Waals surface area contributed by atoms with Gasteiger partial charge in [-0.2, -0.15) is 0 Å². The molecule has 0 spiro atoms. The molecule has 1 N–H and O–H groups in total. The van der Waals surface area contributed by atoms with Crippen LogP contribution < -0.4 is 19.5 Å². The molecule has 2 aliphatic rings. The van der Waals surface area contributed by atoms with Crippen molar-refractivity contribution in [3.63, 3.8) is 0 Å². The zero-order chi connectivity index (χ0) is 21.9. The van der Waals surface area contributed by atoms with Crippen molar-refractivity contribution in [1.29, 1.82) is 0 Å². The molecule has 3 aromatic rings. The molecule has 7 nitrogen and oxygen atoms in total. The number of benzene rings is 3. The standard InChI is InChI=1S/C25H22N2O5/c28-24(26-18-9-10-22-23(13-18)32-16-31-22)15-30-21-8-4-7-20-19(21)11-12-27(25(20)29)14-17-5-2-1-3-6-17/h1-10,13H,11-12,14-16H2,(H,26,28). The Hall–Kier alpha value is -4.00. The fraction of sp³-hybridized carbons (Fsp3) is 0.200. The van der Waals surface area contributed by atoms with E-state index in [0.717, 1.165) is 11.1 Å². The number of anilines is 1. The topological polar surface area (TPSA) is 77.1 Å². The maximum absolute atomic E-state index is 13.0. The summed E-state index contributed by atoms with van der Waals surface area (Å²) < 4.78 is 16.4. The molecule has 2 amide bonds. The summed E-state index contributed by atoms with van der Waals surface area (Å²) >= 11 is 0. The van der Waals surface area contributed by atoms with E-state index in [1.54, 1.807) is 30.3 Å². The first-order valence-electron chi connectivity index (χ1n) is 10.4. The highest BCUT2D eigenvalue weighted by Gasteiger charge is 2.27. The van der Waals surface area contributed by atoms with Gasteiger partial charge < -0.3 is 24.4 Å². The third kappa shape index (κ3) is 4.09. The predicted octanol–water partition coefficient (Wildman–Crippen LogP) is 3.63. The quantitative estimate of drug-likeness (QED) is 0.646. The smallest absolute Gasteiger partial charge is 0.262 e. The van der Waals surface area contributed by atoms with Crippen molar-refractivity contribution in [2.45, 2.75) is 13.0 Å². The molecule has 162 valence electrons. The van der Waals surface area contributed by atoms with E-state index in [2.05, 4.69) is 5.32 Å². The number of ether oxygens (including phenoxy) is 3. The number of nitrogens with one attached hydrogen (secondary N) is 1. The Morgan fingerprint density at radius 1 is 1.00 bits per heavy atom. The SMILES string of the molecule is O=C(COc1cccc2c1CCN(Cc1ccccc1)C2=O)Nc1ccc2c(c1)OCO2. The molecule has 7 heteroatoms. The molecule has 2 aliphatic heterocycles. The molecular weight excluding hydrogens is 408 g/mol. The van der Waals surface area contributed by atoms with Crippen LogP contribution in [0, 0.1) is 0 Å². The Labute approximate surface area is 185 Å². The summed E-state index contributed by atoms with van der Waals surface area (Å²) in [6.45, 7) is 1.19. The van der Waals surface area contributed by atoms with Gasteiger partial charge >= 0.3 is 0 Å². The molecule has 0 saturated carbocycles. The second kappa shape index (κ2) is 8.63. The summed E-state index contributed by atoms with van der Waals surface area (Å²) in [5.41, 5.74) is 3.17. The van der Waals surface area contributed by atoms with Gasteiger partial charge in [0.05, 0.1) is 0 Å². The van der Waals surface area contributed by atoms with Crippen molar-refractivity contribution in [3.05, 3.63) is 83.4 Å². The number of amides is 2. The van der Waals surface area contributed by atoms with Gasteiger partial charge in [-0.05, 0) is 36.2 Å². The van der Waals surface area contributed by atoms with Crippen molar-refractivity contribution in [2.24, 2.45) is 0 Å². The fourth-order valence-corrected chi connectivity index (χ4v) is 3.95. The second-order valence-corrected chi connectivity index (χ2v) is 7.65. The van der Waals surface area contributed by atoms with Gasteiger partial charge in [-0.15, -0.1) is 0 Å². The van der Waals surface area contributed by atoms with Crippen molar-refractivity contribution in [3.8, 4) is 17.2 Å². The Morgan fingerprint density at radius 3 is 2.72 bits per heavy atom. The van der Waals surface area contributed by atoms with E-state index in [4.69, 9.17) is 14.2 Å². The number of carbonyl (C=O) groups is 2. The van der Waals surface area contributed by atoms with Gasteiger partial charge in [-0.1, -0.05) is 36.4 Å². The Kier molecular flexibility index (Phi) is 5.37. The molecule has 5 rings (SSSR count). The maximum atomic E-state index is 13.0. The van der Waals surface area contributed by atoms with Crippen molar-refractivity contribution in [1.82, 2.24) is 4.90 Å². The van der Waals surface area contributed by atoms with Crippen molar-refractivity contribution < 1.29 is 23.8 Å². The minimum Gasteiger partial charge on any atom is -0.483 e. The molecule has 0 saturated heterocycles. The zero-order valence-electron chi connectivity index (χ0n) is 17.4. The third-order valence-electron chi connectivity index (χ3n) is 5.51. The zero-order valence-corrected chi connectivity index (χ0v) is 17.4. The molecule has 0 aromatic heterocycles. The number of hydrogen-bond acceptors (Lipinski definition) is 5. The van der Waals surface area contributed by atoms with Gasteiger partial charge in [0, 0.05) is 36.0 Å². The first-order valence-corrected chi connectivity index (χ1v) is 10.4. The van der Waals surface area contributed by atoms with Gasteiger partial charge in [0.15, 0.2) is 18.1 Å². The number of carbonyl (C=O) groups excluding carboxylic acids is 2. The lowest BCUT2D eigenvalue weighted by Gasteiger charge is -2.29. The van der Waals surface area contributed by atoms with E-state index >= 15 is 0 Å². The van der Waals surface area contributed by atoms with Gasteiger partial charge in [-0.25, -0.2) is 0 Å². The van der Waals surface area contributed by atoms with Crippen LogP contribution in [0.3, 0.4) is 0 Å². The van der Waals surface area contributed by atoms with Crippen LogP contribution in [-0.2, 0) is 17.8 Å². The highest BCUT2D eigenvalue weighted by Crippen LogP contribution is 2.34. The average molecular weight is 430 g/mol.